The van der Waals surface area contributed by atoms with E-state index >= 15 is 0 Å². The lowest BCUT2D eigenvalue weighted by Crippen LogP contribution is -2.36. The van der Waals surface area contributed by atoms with E-state index in [0.29, 0.717) is 12.4 Å². The van der Waals surface area contributed by atoms with Gasteiger partial charge in [-0.25, -0.2) is 4.79 Å². The Hall–Kier alpha value is -1.56. The molecule has 6 nitrogen and oxygen atoms in total. The number of nitrogens with two attached hydrogens (primary N) is 1. The van der Waals surface area contributed by atoms with Crippen LogP contribution in [0.2, 0.25) is 0 Å². The van der Waals surface area contributed by atoms with E-state index in [4.69, 9.17) is 10.5 Å². The molecule has 0 atom stereocenters. The van der Waals surface area contributed by atoms with Crippen LogP contribution in [0, 0.1) is 0 Å². The van der Waals surface area contributed by atoms with Crippen molar-refractivity contribution >= 4 is 11.9 Å². The number of rotatable bonds is 0. The van der Waals surface area contributed by atoms with Crippen molar-refractivity contribution in [3.05, 3.63) is 11.3 Å². The highest BCUT2D eigenvalue weighted by molar-refractivity contribution is 5.73. The first-order valence-electron chi connectivity index (χ1n) is 5.98. The molecule has 0 saturated heterocycles. The molecule has 3 N–H and O–H groups in total. The largest absolute Gasteiger partial charge is 0.442 e. The van der Waals surface area contributed by atoms with E-state index in [1.165, 1.54) is 4.68 Å². The third-order valence-electron chi connectivity index (χ3n) is 2.88. The number of fused-ring (bicyclic) bond motifs is 1. The molecule has 1 aliphatic rings. The summed E-state index contributed by atoms with van der Waals surface area (Å²) in [4.78, 5) is 12.1. The Morgan fingerprint density at radius 3 is 2.67 bits per heavy atom. The number of nitrogens with zero attached hydrogens (tertiary/aromatic N) is 2. The molecule has 6 heteroatoms. The molecule has 0 aromatic carbocycles. The summed E-state index contributed by atoms with van der Waals surface area (Å²) in [6.07, 6.45) is -0.493. The van der Waals surface area contributed by atoms with Crippen LogP contribution in [0.4, 0.5) is 10.6 Å². The standard InChI is InChI=1S/C12H20N4O2/c1-11(2,3)18-10(17)16-8-7(9(13)15-16)6-14-12(8,4)5/h14H,6H2,1-5H3,(H2,13,15). The predicted octanol–water partition coefficient (Wildman–Crippen LogP) is 1.59. The highest BCUT2D eigenvalue weighted by atomic mass is 16.6. The molecular formula is C12H20N4O2. The van der Waals surface area contributed by atoms with Gasteiger partial charge in [0.05, 0.1) is 11.2 Å². The molecule has 18 heavy (non-hydrogen) atoms. The van der Waals surface area contributed by atoms with Crippen molar-refractivity contribution in [1.82, 2.24) is 15.1 Å². The number of carbonyl (C=O) groups is 1. The van der Waals surface area contributed by atoms with Crippen molar-refractivity contribution in [2.45, 2.75) is 52.3 Å². The lowest BCUT2D eigenvalue weighted by Gasteiger charge is -2.23. The van der Waals surface area contributed by atoms with Gasteiger partial charge in [-0.05, 0) is 34.6 Å². The van der Waals surface area contributed by atoms with Crippen molar-refractivity contribution in [2.24, 2.45) is 0 Å². The van der Waals surface area contributed by atoms with Gasteiger partial charge in [0.2, 0.25) is 0 Å². The second-order valence-corrected chi connectivity index (χ2v) is 6.08. The summed E-state index contributed by atoms with van der Waals surface area (Å²) < 4.78 is 6.61. The van der Waals surface area contributed by atoms with Gasteiger partial charge in [0.25, 0.3) is 0 Å². The van der Waals surface area contributed by atoms with Crippen LogP contribution in [-0.4, -0.2) is 21.5 Å². The zero-order chi connectivity index (χ0) is 13.7. The van der Waals surface area contributed by atoms with Crippen LogP contribution in [0.15, 0.2) is 0 Å². The molecule has 0 spiro atoms. The fraction of sp³-hybridized carbons (Fsp3) is 0.667. The average Bonchev–Trinajstić information content (AvgIpc) is 2.65. The molecule has 0 bridgehead atoms. The fourth-order valence-electron chi connectivity index (χ4n) is 2.11. The summed E-state index contributed by atoms with van der Waals surface area (Å²) >= 11 is 0. The Kier molecular flexibility index (Phi) is 2.66. The number of anilines is 1. The Bertz CT molecular complexity index is 497. The molecule has 0 saturated carbocycles. The minimum Gasteiger partial charge on any atom is -0.442 e. The van der Waals surface area contributed by atoms with Crippen LogP contribution in [0.25, 0.3) is 0 Å². The summed E-state index contributed by atoms with van der Waals surface area (Å²) in [5, 5.41) is 7.38. The molecule has 1 aliphatic heterocycles. The molecule has 0 amide bonds. The Morgan fingerprint density at radius 2 is 2.11 bits per heavy atom. The third-order valence-corrected chi connectivity index (χ3v) is 2.88. The second-order valence-electron chi connectivity index (χ2n) is 6.08. The van der Waals surface area contributed by atoms with Gasteiger partial charge in [0, 0.05) is 12.1 Å². The smallest absolute Gasteiger partial charge is 0.435 e. The van der Waals surface area contributed by atoms with Crippen LogP contribution < -0.4 is 11.1 Å². The first-order valence-corrected chi connectivity index (χ1v) is 5.98. The summed E-state index contributed by atoms with van der Waals surface area (Å²) in [5.41, 5.74) is 6.61. The maximum absolute atomic E-state index is 12.1. The van der Waals surface area contributed by atoms with Gasteiger partial charge in [-0.1, -0.05) is 0 Å². The van der Waals surface area contributed by atoms with Crippen molar-refractivity contribution in [3.8, 4) is 0 Å². The van der Waals surface area contributed by atoms with Gasteiger partial charge < -0.3 is 15.8 Å². The summed E-state index contributed by atoms with van der Waals surface area (Å²) in [5.74, 6) is 0.383. The number of carbonyl (C=O) groups excluding carboxylic acids is 1. The van der Waals surface area contributed by atoms with Gasteiger partial charge in [-0.3, -0.25) is 0 Å². The number of hydrogen-bond donors (Lipinski definition) is 2. The van der Waals surface area contributed by atoms with E-state index in [-0.39, 0.29) is 5.54 Å². The molecule has 100 valence electrons. The van der Waals surface area contributed by atoms with Crippen LogP contribution in [-0.2, 0) is 16.8 Å². The summed E-state index contributed by atoms with van der Waals surface area (Å²) in [6.45, 7) is 10.1. The summed E-state index contributed by atoms with van der Waals surface area (Å²) in [6, 6.07) is 0. The van der Waals surface area contributed by atoms with Gasteiger partial charge in [0.1, 0.15) is 5.60 Å². The van der Waals surface area contributed by atoms with E-state index in [0.717, 1.165) is 11.3 Å². The van der Waals surface area contributed by atoms with E-state index in [1.807, 2.05) is 34.6 Å². The zero-order valence-corrected chi connectivity index (χ0v) is 11.5. The van der Waals surface area contributed by atoms with Gasteiger partial charge in [0.15, 0.2) is 5.82 Å². The monoisotopic (exact) mass is 252 g/mol. The number of nitrogen functional groups attached to an aromatic ring is 1. The van der Waals surface area contributed by atoms with Crippen molar-refractivity contribution in [3.63, 3.8) is 0 Å². The molecular weight excluding hydrogens is 232 g/mol. The second kappa shape index (κ2) is 3.71. The van der Waals surface area contributed by atoms with Crippen molar-refractivity contribution in [1.29, 1.82) is 0 Å². The number of aromatic nitrogens is 2. The van der Waals surface area contributed by atoms with E-state index < -0.39 is 11.7 Å². The Labute approximate surface area is 106 Å². The molecule has 2 rings (SSSR count). The number of nitrogens with one attached hydrogen (secondary N) is 1. The maximum atomic E-state index is 12.1. The van der Waals surface area contributed by atoms with E-state index in [2.05, 4.69) is 10.4 Å². The molecule has 0 unspecified atom stereocenters. The fourth-order valence-corrected chi connectivity index (χ4v) is 2.11. The highest BCUT2D eigenvalue weighted by Gasteiger charge is 2.38. The molecule has 2 heterocycles. The van der Waals surface area contributed by atoms with Crippen LogP contribution in [0.1, 0.15) is 45.9 Å². The molecule has 0 radical (unpaired) electrons. The van der Waals surface area contributed by atoms with E-state index in [9.17, 15) is 4.79 Å². The minimum atomic E-state index is -0.555. The lowest BCUT2D eigenvalue weighted by atomic mass is 10.0. The number of hydrogen-bond acceptors (Lipinski definition) is 5. The first-order chi connectivity index (χ1) is 8.12. The normalized spacial score (nSPS) is 17.6. The number of ether oxygens (including phenoxy) is 1. The van der Waals surface area contributed by atoms with Crippen LogP contribution >= 0.6 is 0 Å². The molecule has 0 aliphatic carbocycles. The predicted molar refractivity (Wildman–Crippen MR) is 68.1 cm³/mol. The maximum Gasteiger partial charge on any atom is 0.435 e. The van der Waals surface area contributed by atoms with Crippen molar-refractivity contribution in [2.75, 3.05) is 5.73 Å². The average molecular weight is 252 g/mol. The highest BCUT2D eigenvalue weighted by Crippen LogP contribution is 2.33. The molecule has 1 aromatic rings. The Balaban J connectivity index is 2.42. The SMILES string of the molecule is CC(C)(C)OC(=O)n1nc(N)c2c1C(C)(C)NC2. The summed E-state index contributed by atoms with van der Waals surface area (Å²) in [7, 11) is 0. The first kappa shape index (κ1) is 12.9. The van der Waals surface area contributed by atoms with Crippen LogP contribution in [0.5, 0.6) is 0 Å². The Morgan fingerprint density at radius 1 is 1.50 bits per heavy atom. The lowest BCUT2D eigenvalue weighted by molar-refractivity contribution is 0.0503. The van der Waals surface area contributed by atoms with Crippen LogP contribution in [0.3, 0.4) is 0 Å². The molecule has 1 aromatic heterocycles. The van der Waals surface area contributed by atoms with Gasteiger partial charge >= 0.3 is 6.09 Å². The topological polar surface area (TPSA) is 82.2 Å². The quantitative estimate of drug-likeness (QED) is 0.732. The minimum absolute atomic E-state index is 0.336. The van der Waals surface area contributed by atoms with E-state index in [1.54, 1.807) is 0 Å². The molecule has 0 fully saturated rings. The third kappa shape index (κ3) is 2.08. The van der Waals surface area contributed by atoms with Crippen molar-refractivity contribution < 1.29 is 9.53 Å². The van der Waals surface area contributed by atoms with Gasteiger partial charge in [-0.15, -0.1) is 5.10 Å². The van der Waals surface area contributed by atoms with Gasteiger partial charge in [-0.2, -0.15) is 4.68 Å². The zero-order valence-electron chi connectivity index (χ0n) is 11.5.